The van der Waals surface area contributed by atoms with Crippen LogP contribution in [0.5, 0.6) is 5.75 Å². The van der Waals surface area contributed by atoms with Crippen LogP contribution in [0.3, 0.4) is 0 Å². The van der Waals surface area contributed by atoms with E-state index in [1.807, 2.05) is 12.1 Å². The maximum atomic E-state index is 5.76. The summed E-state index contributed by atoms with van der Waals surface area (Å²) in [5.74, 6) is 1.43. The Morgan fingerprint density at radius 1 is 1.57 bits per heavy atom. The van der Waals surface area contributed by atoms with Crippen molar-refractivity contribution in [3.05, 3.63) is 28.2 Å². The molecular formula is C11H14BrNO. The summed E-state index contributed by atoms with van der Waals surface area (Å²) in [5, 5.41) is 0. The van der Waals surface area contributed by atoms with E-state index in [9.17, 15) is 0 Å². The molecule has 2 atom stereocenters. The predicted octanol–water partition coefficient (Wildman–Crippen LogP) is 2.66. The lowest BCUT2D eigenvalue weighted by molar-refractivity contribution is 0.177. The Labute approximate surface area is 92.6 Å². The highest BCUT2D eigenvalue weighted by atomic mass is 79.9. The van der Waals surface area contributed by atoms with E-state index in [2.05, 4.69) is 28.9 Å². The van der Waals surface area contributed by atoms with Crippen molar-refractivity contribution in [2.75, 3.05) is 6.54 Å². The van der Waals surface area contributed by atoms with Gasteiger partial charge in [-0.2, -0.15) is 0 Å². The molecule has 0 radical (unpaired) electrons. The van der Waals surface area contributed by atoms with Crippen molar-refractivity contribution >= 4 is 15.9 Å². The third-order valence-corrected chi connectivity index (χ3v) is 3.14. The molecule has 0 saturated carbocycles. The van der Waals surface area contributed by atoms with Crippen LogP contribution in [0.4, 0.5) is 0 Å². The maximum Gasteiger partial charge on any atom is 0.124 e. The summed E-state index contributed by atoms with van der Waals surface area (Å²) in [4.78, 5) is 0. The zero-order valence-electron chi connectivity index (χ0n) is 8.16. The van der Waals surface area contributed by atoms with Crippen molar-refractivity contribution in [2.45, 2.75) is 25.4 Å². The first-order chi connectivity index (χ1) is 6.70. The Morgan fingerprint density at radius 2 is 2.36 bits per heavy atom. The normalized spacial score (nSPS) is 25.4. The number of rotatable bonds is 1. The number of benzene rings is 1. The molecule has 3 heteroatoms. The molecule has 1 aliphatic rings. The molecule has 76 valence electrons. The molecule has 0 aliphatic carbocycles. The Hall–Kier alpha value is -0.540. The molecule has 2 unspecified atom stereocenters. The molecule has 0 amide bonds. The molecular weight excluding hydrogens is 242 g/mol. The van der Waals surface area contributed by atoms with Gasteiger partial charge in [-0.3, -0.25) is 0 Å². The van der Waals surface area contributed by atoms with Gasteiger partial charge >= 0.3 is 0 Å². The highest BCUT2D eigenvalue weighted by Gasteiger charge is 2.24. The Morgan fingerprint density at radius 3 is 3.07 bits per heavy atom. The minimum absolute atomic E-state index is 0.269. The van der Waals surface area contributed by atoms with Gasteiger partial charge in [-0.05, 0) is 37.6 Å². The van der Waals surface area contributed by atoms with Gasteiger partial charge in [-0.25, -0.2) is 0 Å². The third kappa shape index (κ3) is 1.79. The van der Waals surface area contributed by atoms with Crippen LogP contribution in [0.1, 0.15) is 24.8 Å². The molecule has 2 N–H and O–H groups in total. The molecule has 1 heterocycles. The number of fused-ring (bicyclic) bond motifs is 1. The molecule has 0 spiro atoms. The average molecular weight is 256 g/mol. The van der Waals surface area contributed by atoms with E-state index in [1.54, 1.807) is 0 Å². The minimum Gasteiger partial charge on any atom is -0.490 e. The number of ether oxygens (including phenoxy) is 1. The van der Waals surface area contributed by atoms with Gasteiger partial charge in [0.05, 0.1) is 6.10 Å². The Kier molecular flexibility index (Phi) is 2.79. The molecule has 1 aromatic rings. The average Bonchev–Trinajstić information content (AvgIpc) is 2.15. The summed E-state index contributed by atoms with van der Waals surface area (Å²) in [6.45, 7) is 2.79. The smallest absolute Gasteiger partial charge is 0.124 e. The molecule has 0 aromatic heterocycles. The van der Waals surface area contributed by atoms with Gasteiger partial charge in [0.2, 0.25) is 0 Å². The predicted molar refractivity (Wildman–Crippen MR) is 60.6 cm³/mol. The first kappa shape index (κ1) is 9.99. The number of halogens is 1. The summed E-state index contributed by atoms with van der Waals surface area (Å²) in [5.41, 5.74) is 7.00. The largest absolute Gasteiger partial charge is 0.490 e. The van der Waals surface area contributed by atoms with Crippen LogP contribution >= 0.6 is 15.9 Å². The Bertz CT molecular complexity index is 340. The zero-order valence-corrected chi connectivity index (χ0v) is 9.75. The quantitative estimate of drug-likeness (QED) is 0.838. The molecule has 1 aliphatic heterocycles. The summed E-state index contributed by atoms with van der Waals surface area (Å²) in [6, 6.07) is 6.16. The van der Waals surface area contributed by atoms with Gasteiger partial charge in [0.15, 0.2) is 0 Å². The van der Waals surface area contributed by atoms with Crippen LogP contribution in [0.25, 0.3) is 0 Å². The standard InChI is InChI=1S/C11H14BrNO/c1-7-4-8(6-13)10-3-2-9(12)5-11(10)14-7/h2-3,5,7-8H,4,6,13H2,1H3. The van der Waals surface area contributed by atoms with Crippen LogP contribution in [-0.2, 0) is 0 Å². The fourth-order valence-electron chi connectivity index (χ4n) is 1.96. The van der Waals surface area contributed by atoms with E-state index in [0.717, 1.165) is 16.6 Å². The first-order valence-corrected chi connectivity index (χ1v) is 5.66. The molecule has 14 heavy (non-hydrogen) atoms. The maximum absolute atomic E-state index is 5.76. The molecule has 2 nitrogen and oxygen atoms in total. The van der Waals surface area contributed by atoms with Gasteiger partial charge in [0, 0.05) is 10.4 Å². The summed E-state index contributed by atoms with van der Waals surface area (Å²) in [7, 11) is 0. The number of hydrogen-bond acceptors (Lipinski definition) is 2. The van der Waals surface area contributed by atoms with Crippen molar-refractivity contribution in [3.63, 3.8) is 0 Å². The van der Waals surface area contributed by atoms with E-state index in [0.29, 0.717) is 12.5 Å². The number of hydrogen-bond donors (Lipinski definition) is 1. The van der Waals surface area contributed by atoms with Crippen LogP contribution < -0.4 is 10.5 Å². The van der Waals surface area contributed by atoms with Crippen LogP contribution in [-0.4, -0.2) is 12.6 Å². The lowest BCUT2D eigenvalue weighted by Crippen LogP contribution is -2.26. The topological polar surface area (TPSA) is 35.2 Å². The van der Waals surface area contributed by atoms with Gasteiger partial charge in [-0.1, -0.05) is 22.0 Å². The van der Waals surface area contributed by atoms with E-state index in [-0.39, 0.29) is 6.10 Å². The van der Waals surface area contributed by atoms with Crippen LogP contribution in [0.15, 0.2) is 22.7 Å². The summed E-state index contributed by atoms with van der Waals surface area (Å²) in [6.07, 6.45) is 1.29. The van der Waals surface area contributed by atoms with Crippen molar-refractivity contribution < 1.29 is 4.74 Å². The lowest BCUT2D eigenvalue weighted by atomic mass is 9.90. The van der Waals surface area contributed by atoms with Crippen molar-refractivity contribution in [2.24, 2.45) is 5.73 Å². The highest BCUT2D eigenvalue weighted by Crippen LogP contribution is 2.37. The monoisotopic (exact) mass is 255 g/mol. The molecule has 2 rings (SSSR count). The third-order valence-electron chi connectivity index (χ3n) is 2.64. The molecule has 0 bridgehead atoms. The van der Waals surface area contributed by atoms with E-state index >= 15 is 0 Å². The SMILES string of the molecule is CC1CC(CN)c2ccc(Br)cc2O1. The zero-order chi connectivity index (χ0) is 10.1. The Balaban J connectivity index is 2.40. The van der Waals surface area contributed by atoms with Crippen LogP contribution in [0.2, 0.25) is 0 Å². The summed E-state index contributed by atoms with van der Waals surface area (Å²) < 4.78 is 6.82. The minimum atomic E-state index is 0.269. The number of nitrogens with two attached hydrogens (primary N) is 1. The van der Waals surface area contributed by atoms with Crippen molar-refractivity contribution in [3.8, 4) is 5.75 Å². The highest BCUT2D eigenvalue weighted by molar-refractivity contribution is 9.10. The van der Waals surface area contributed by atoms with Gasteiger partial charge < -0.3 is 10.5 Å². The second kappa shape index (κ2) is 3.91. The van der Waals surface area contributed by atoms with Gasteiger partial charge in [0.25, 0.3) is 0 Å². The molecule has 0 fully saturated rings. The fourth-order valence-corrected chi connectivity index (χ4v) is 2.30. The lowest BCUT2D eigenvalue weighted by Gasteiger charge is -2.29. The van der Waals surface area contributed by atoms with E-state index < -0.39 is 0 Å². The van der Waals surface area contributed by atoms with Gasteiger partial charge in [0.1, 0.15) is 5.75 Å². The van der Waals surface area contributed by atoms with Crippen molar-refractivity contribution in [1.29, 1.82) is 0 Å². The van der Waals surface area contributed by atoms with Gasteiger partial charge in [-0.15, -0.1) is 0 Å². The van der Waals surface area contributed by atoms with E-state index in [4.69, 9.17) is 10.5 Å². The van der Waals surface area contributed by atoms with E-state index in [1.165, 1.54) is 5.56 Å². The second-order valence-corrected chi connectivity index (χ2v) is 4.69. The molecule has 0 saturated heterocycles. The fraction of sp³-hybridized carbons (Fsp3) is 0.455. The molecule has 1 aromatic carbocycles. The van der Waals surface area contributed by atoms with Crippen molar-refractivity contribution in [1.82, 2.24) is 0 Å². The second-order valence-electron chi connectivity index (χ2n) is 3.78. The summed E-state index contributed by atoms with van der Waals surface area (Å²) >= 11 is 3.44. The first-order valence-electron chi connectivity index (χ1n) is 4.87. The van der Waals surface area contributed by atoms with Crippen LogP contribution in [0, 0.1) is 0 Å².